The van der Waals surface area contributed by atoms with Gasteiger partial charge in [0.1, 0.15) is 5.75 Å². The van der Waals surface area contributed by atoms with E-state index in [0.29, 0.717) is 11.5 Å². The third-order valence-electron chi connectivity index (χ3n) is 5.10. The molecule has 3 rings (SSSR count). The van der Waals surface area contributed by atoms with Crippen LogP contribution in [-0.4, -0.2) is 13.2 Å². The zero-order valence-electron chi connectivity index (χ0n) is 12.9. The van der Waals surface area contributed by atoms with Crippen LogP contribution in [0.4, 0.5) is 0 Å². The first-order chi connectivity index (χ1) is 9.74. The lowest BCUT2D eigenvalue weighted by atomic mass is 9.76. The lowest BCUT2D eigenvalue weighted by Crippen LogP contribution is -2.35. The number of nitrogens with one attached hydrogen (secondary N) is 1. The van der Waals surface area contributed by atoms with E-state index in [9.17, 15) is 0 Å². The molecule has 110 valence electrons. The van der Waals surface area contributed by atoms with Crippen molar-refractivity contribution in [2.75, 3.05) is 13.2 Å². The monoisotopic (exact) mass is 273 g/mol. The van der Waals surface area contributed by atoms with Gasteiger partial charge in [-0.15, -0.1) is 0 Å². The Kier molecular flexibility index (Phi) is 4.02. The summed E-state index contributed by atoms with van der Waals surface area (Å²) >= 11 is 0. The van der Waals surface area contributed by atoms with Crippen LogP contribution in [0.15, 0.2) is 18.2 Å². The first-order valence-corrected chi connectivity index (χ1v) is 8.22. The van der Waals surface area contributed by atoms with Gasteiger partial charge in [0.2, 0.25) is 0 Å². The molecule has 1 fully saturated rings. The van der Waals surface area contributed by atoms with E-state index in [1.54, 1.807) is 0 Å². The summed E-state index contributed by atoms with van der Waals surface area (Å²) in [4.78, 5) is 0. The summed E-state index contributed by atoms with van der Waals surface area (Å²) in [7, 11) is 0. The molecule has 1 aromatic carbocycles. The van der Waals surface area contributed by atoms with Gasteiger partial charge in [-0.05, 0) is 36.8 Å². The summed E-state index contributed by atoms with van der Waals surface area (Å²) in [5.41, 5.74) is 3.18. The maximum atomic E-state index is 5.96. The second kappa shape index (κ2) is 5.77. The number of fused-ring (bicyclic) bond motifs is 1. The fourth-order valence-corrected chi connectivity index (χ4v) is 3.96. The van der Waals surface area contributed by atoms with Gasteiger partial charge in [-0.3, -0.25) is 0 Å². The van der Waals surface area contributed by atoms with Gasteiger partial charge in [0.25, 0.3) is 0 Å². The Bertz CT molecular complexity index is 462. The molecule has 2 aliphatic rings. The van der Waals surface area contributed by atoms with Gasteiger partial charge in [-0.25, -0.2) is 0 Å². The highest BCUT2D eigenvalue weighted by atomic mass is 16.5. The number of hydrogen-bond donors (Lipinski definition) is 1. The Morgan fingerprint density at radius 2 is 2.10 bits per heavy atom. The summed E-state index contributed by atoms with van der Waals surface area (Å²) in [5, 5.41) is 3.82. The van der Waals surface area contributed by atoms with Crippen LogP contribution in [0.2, 0.25) is 0 Å². The van der Waals surface area contributed by atoms with Crippen LogP contribution in [0.25, 0.3) is 0 Å². The molecule has 0 bridgehead atoms. The maximum absolute atomic E-state index is 5.96. The second-order valence-electron chi connectivity index (χ2n) is 6.68. The molecule has 1 unspecified atom stereocenters. The van der Waals surface area contributed by atoms with E-state index in [4.69, 9.17) is 4.74 Å². The Morgan fingerprint density at radius 3 is 2.85 bits per heavy atom. The molecule has 1 atom stereocenters. The highest BCUT2D eigenvalue weighted by molar-refractivity contribution is 5.46. The zero-order chi connectivity index (χ0) is 14.0. The smallest absolute Gasteiger partial charge is 0.127 e. The van der Waals surface area contributed by atoms with Gasteiger partial charge in [-0.2, -0.15) is 0 Å². The molecule has 0 radical (unpaired) electrons. The number of rotatable bonds is 5. The average Bonchev–Trinajstić information content (AvgIpc) is 3.08. The summed E-state index contributed by atoms with van der Waals surface area (Å²) in [6, 6.07) is 7.15. The summed E-state index contributed by atoms with van der Waals surface area (Å²) in [6.45, 7) is 6.64. The maximum Gasteiger partial charge on any atom is 0.127 e. The van der Waals surface area contributed by atoms with Crippen LogP contribution >= 0.6 is 0 Å². The molecular weight excluding hydrogens is 246 g/mol. The number of ether oxygens (including phenoxy) is 1. The Balaban J connectivity index is 1.95. The van der Waals surface area contributed by atoms with Crippen molar-refractivity contribution < 1.29 is 4.74 Å². The topological polar surface area (TPSA) is 21.3 Å². The van der Waals surface area contributed by atoms with Crippen molar-refractivity contribution in [3.8, 4) is 5.75 Å². The van der Waals surface area contributed by atoms with Crippen LogP contribution in [0.1, 0.15) is 63.1 Å². The van der Waals surface area contributed by atoms with E-state index in [1.165, 1.54) is 49.0 Å². The number of para-hydroxylation sites is 1. The molecule has 1 saturated carbocycles. The minimum atomic E-state index is 0.385. The van der Waals surface area contributed by atoms with E-state index in [1.807, 2.05) is 0 Å². The number of benzene rings is 1. The molecule has 2 nitrogen and oxygen atoms in total. The average molecular weight is 273 g/mol. The fraction of sp³-hybridized carbons (Fsp3) is 0.667. The molecular formula is C18H27NO. The van der Waals surface area contributed by atoms with E-state index in [-0.39, 0.29) is 0 Å². The van der Waals surface area contributed by atoms with E-state index in [0.717, 1.165) is 19.6 Å². The molecule has 1 aliphatic heterocycles. The molecule has 1 heterocycles. The SMILES string of the molecule is CCCNC(c1cccc2c1OCC2)C1(C)CCCC1. The van der Waals surface area contributed by atoms with Crippen LogP contribution < -0.4 is 10.1 Å². The standard InChI is InChI=1S/C18H27NO/c1-3-12-19-17(18(2)10-4-5-11-18)15-8-6-7-14-9-13-20-16(14)15/h6-8,17,19H,3-5,9-13H2,1-2H3. The first-order valence-electron chi connectivity index (χ1n) is 8.22. The second-order valence-corrected chi connectivity index (χ2v) is 6.68. The predicted molar refractivity (Wildman–Crippen MR) is 83.3 cm³/mol. The van der Waals surface area contributed by atoms with Gasteiger partial charge in [0.05, 0.1) is 6.61 Å². The van der Waals surface area contributed by atoms with Gasteiger partial charge >= 0.3 is 0 Å². The highest BCUT2D eigenvalue weighted by Gasteiger charge is 2.39. The molecule has 1 N–H and O–H groups in total. The van der Waals surface area contributed by atoms with Crippen LogP contribution in [0.3, 0.4) is 0 Å². The Morgan fingerprint density at radius 1 is 1.30 bits per heavy atom. The van der Waals surface area contributed by atoms with Gasteiger partial charge in [0.15, 0.2) is 0 Å². The van der Waals surface area contributed by atoms with Gasteiger partial charge in [0, 0.05) is 18.0 Å². The van der Waals surface area contributed by atoms with E-state index < -0.39 is 0 Å². The largest absolute Gasteiger partial charge is 0.493 e. The van der Waals surface area contributed by atoms with Crippen LogP contribution in [0, 0.1) is 5.41 Å². The van der Waals surface area contributed by atoms with Crippen molar-refractivity contribution in [1.82, 2.24) is 5.32 Å². The summed E-state index contributed by atoms with van der Waals surface area (Å²) in [6.07, 6.45) is 7.66. The first kappa shape index (κ1) is 13.9. The van der Waals surface area contributed by atoms with E-state index >= 15 is 0 Å². The summed E-state index contributed by atoms with van der Waals surface area (Å²) in [5.74, 6) is 1.18. The fourth-order valence-electron chi connectivity index (χ4n) is 3.96. The van der Waals surface area contributed by atoms with Gasteiger partial charge in [-0.1, -0.05) is 44.9 Å². The predicted octanol–water partition coefficient (Wildman–Crippen LogP) is 4.24. The zero-order valence-corrected chi connectivity index (χ0v) is 12.9. The molecule has 0 amide bonds. The van der Waals surface area contributed by atoms with Crippen molar-refractivity contribution in [3.63, 3.8) is 0 Å². The molecule has 1 aliphatic carbocycles. The summed E-state index contributed by atoms with van der Waals surface area (Å²) < 4.78 is 5.96. The van der Waals surface area contributed by atoms with E-state index in [2.05, 4.69) is 37.4 Å². The quantitative estimate of drug-likeness (QED) is 0.866. The number of hydrogen-bond acceptors (Lipinski definition) is 2. The van der Waals surface area contributed by atoms with Crippen molar-refractivity contribution in [2.45, 2.75) is 58.4 Å². The highest BCUT2D eigenvalue weighted by Crippen LogP contribution is 2.50. The molecule has 20 heavy (non-hydrogen) atoms. The van der Waals surface area contributed by atoms with Crippen LogP contribution in [-0.2, 0) is 6.42 Å². The third-order valence-corrected chi connectivity index (χ3v) is 5.10. The lowest BCUT2D eigenvalue weighted by molar-refractivity contribution is 0.218. The van der Waals surface area contributed by atoms with Crippen molar-refractivity contribution >= 4 is 0 Å². The van der Waals surface area contributed by atoms with Crippen molar-refractivity contribution in [1.29, 1.82) is 0 Å². The third kappa shape index (κ3) is 2.46. The lowest BCUT2D eigenvalue weighted by Gasteiger charge is -2.36. The normalized spacial score (nSPS) is 21.5. The molecule has 0 aromatic heterocycles. The minimum Gasteiger partial charge on any atom is -0.493 e. The Labute approximate surface area is 122 Å². The van der Waals surface area contributed by atoms with Gasteiger partial charge < -0.3 is 10.1 Å². The Hall–Kier alpha value is -1.02. The molecule has 0 saturated heterocycles. The van der Waals surface area contributed by atoms with Crippen molar-refractivity contribution in [2.24, 2.45) is 5.41 Å². The van der Waals surface area contributed by atoms with Crippen molar-refractivity contribution in [3.05, 3.63) is 29.3 Å². The molecule has 2 heteroatoms. The molecule has 0 spiro atoms. The van der Waals surface area contributed by atoms with Crippen LogP contribution in [0.5, 0.6) is 5.75 Å². The minimum absolute atomic E-state index is 0.385. The molecule has 1 aromatic rings.